The number of benzene rings is 7. The van der Waals surface area contributed by atoms with E-state index in [1.54, 1.807) is 0 Å². The van der Waals surface area contributed by atoms with Crippen LogP contribution >= 0.6 is 0 Å². The molecule has 0 bridgehead atoms. The zero-order valence-corrected chi connectivity index (χ0v) is 26.9. The van der Waals surface area contributed by atoms with Gasteiger partial charge in [0.15, 0.2) is 5.82 Å². The molecule has 0 saturated heterocycles. The lowest BCUT2D eigenvalue weighted by Crippen LogP contribution is -2.28. The summed E-state index contributed by atoms with van der Waals surface area (Å²) in [6, 6.07) is 69.2. The molecule has 8 aromatic rings. The van der Waals surface area contributed by atoms with Crippen molar-refractivity contribution in [3.05, 3.63) is 216 Å². The van der Waals surface area contributed by atoms with Gasteiger partial charge in [-0.25, -0.2) is 9.97 Å². The van der Waals surface area contributed by atoms with Crippen LogP contribution in [0.4, 0.5) is 0 Å². The average Bonchev–Trinajstić information content (AvgIpc) is 3.49. The molecule has 0 amide bonds. The van der Waals surface area contributed by atoms with Gasteiger partial charge >= 0.3 is 0 Å². The Hall–Kier alpha value is -6.38. The highest BCUT2D eigenvalue weighted by Crippen LogP contribution is 2.56. The van der Waals surface area contributed by atoms with Crippen molar-refractivity contribution in [2.24, 2.45) is 0 Å². The minimum Gasteiger partial charge on any atom is -0.228 e. The molecule has 49 heavy (non-hydrogen) atoms. The van der Waals surface area contributed by atoms with Gasteiger partial charge in [-0.05, 0) is 62.7 Å². The molecule has 1 aliphatic rings. The van der Waals surface area contributed by atoms with E-state index in [2.05, 4.69) is 182 Å². The number of fused-ring (bicyclic) bond motifs is 3. The Morgan fingerprint density at radius 3 is 1.39 bits per heavy atom. The maximum absolute atomic E-state index is 5.11. The van der Waals surface area contributed by atoms with E-state index >= 15 is 0 Å². The average molecular weight is 625 g/mol. The molecule has 1 aliphatic carbocycles. The highest BCUT2D eigenvalue weighted by atomic mass is 14.9. The third-order valence-electron chi connectivity index (χ3n) is 9.78. The van der Waals surface area contributed by atoms with E-state index in [1.165, 1.54) is 33.4 Å². The van der Waals surface area contributed by atoms with Crippen LogP contribution < -0.4 is 0 Å². The Labute approximate surface area is 287 Å². The lowest BCUT2D eigenvalue weighted by molar-refractivity contribution is 0.769. The van der Waals surface area contributed by atoms with Crippen LogP contribution in [0.25, 0.3) is 56.2 Å². The summed E-state index contributed by atoms with van der Waals surface area (Å²) in [7, 11) is 0. The minimum absolute atomic E-state index is 0.445. The van der Waals surface area contributed by atoms with Crippen LogP contribution in [0, 0.1) is 0 Å². The number of aromatic nitrogens is 2. The van der Waals surface area contributed by atoms with Crippen molar-refractivity contribution >= 4 is 0 Å². The van der Waals surface area contributed by atoms with Gasteiger partial charge in [0, 0.05) is 16.7 Å². The molecule has 0 N–H and O–H groups in total. The van der Waals surface area contributed by atoms with E-state index in [1.807, 2.05) is 12.1 Å². The van der Waals surface area contributed by atoms with Gasteiger partial charge in [-0.15, -0.1) is 0 Å². The molecule has 2 nitrogen and oxygen atoms in total. The van der Waals surface area contributed by atoms with Gasteiger partial charge in [0.05, 0.1) is 16.8 Å². The molecule has 230 valence electrons. The van der Waals surface area contributed by atoms with Gasteiger partial charge in [0.25, 0.3) is 0 Å². The van der Waals surface area contributed by atoms with Crippen molar-refractivity contribution in [1.82, 2.24) is 9.97 Å². The summed E-state index contributed by atoms with van der Waals surface area (Å²) < 4.78 is 0. The van der Waals surface area contributed by atoms with Crippen LogP contribution in [-0.4, -0.2) is 9.97 Å². The second-order valence-electron chi connectivity index (χ2n) is 12.6. The SMILES string of the molecule is c1ccc(-c2cc(-c3ccccc3)nc(-c3cccc(-c4ccc5c(c4)C(c4ccccc4)(c4ccccc4)c4ccccc4-5)c3)n2)cc1. The third-order valence-corrected chi connectivity index (χ3v) is 9.78. The van der Waals surface area contributed by atoms with E-state index in [-0.39, 0.29) is 0 Å². The summed E-state index contributed by atoms with van der Waals surface area (Å²) in [6.45, 7) is 0. The molecule has 0 spiro atoms. The van der Waals surface area contributed by atoms with E-state index in [0.717, 1.165) is 39.2 Å². The molecular weight excluding hydrogens is 593 g/mol. The smallest absolute Gasteiger partial charge is 0.160 e. The molecule has 7 aromatic carbocycles. The topological polar surface area (TPSA) is 25.8 Å². The summed E-state index contributed by atoms with van der Waals surface area (Å²) >= 11 is 0. The van der Waals surface area contributed by atoms with Gasteiger partial charge in [-0.1, -0.05) is 176 Å². The van der Waals surface area contributed by atoms with Crippen LogP contribution in [0.3, 0.4) is 0 Å². The molecular formula is C47H32N2. The molecule has 9 rings (SSSR count). The second kappa shape index (κ2) is 12.0. The van der Waals surface area contributed by atoms with Gasteiger partial charge in [-0.3, -0.25) is 0 Å². The zero-order valence-electron chi connectivity index (χ0n) is 26.9. The Kier molecular flexibility index (Phi) is 7.06. The Bertz CT molecular complexity index is 2320. The van der Waals surface area contributed by atoms with Crippen molar-refractivity contribution < 1.29 is 0 Å². The first-order chi connectivity index (χ1) is 24.3. The van der Waals surface area contributed by atoms with Crippen molar-refractivity contribution in [3.63, 3.8) is 0 Å². The highest BCUT2D eigenvalue weighted by molar-refractivity contribution is 5.88. The van der Waals surface area contributed by atoms with Crippen LogP contribution in [-0.2, 0) is 5.41 Å². The first-order valence-corrected chi connectivity index (χ1v) is 16.8. The summed E-state index contributed by atoms with van der Waals surface area (Å²) in [4.78, 5) is 10.2. The zero-order chi connectivity index (χ0) is 32.6. The lowest BCUT2D eigenvalue weighted by Gasteiger charge is -2.34. The summed E-state index contributed by atoms with van der Waals surface area (Å²) in [5.41, 5.74) is 14.4. The summed E-state index contributed by atoms with van der Waals surface area (Å²) in [5, 5.41) is 0. The maximum atomic E-state index is 5.11. The second-order valence-corrected chi connectivity index (χ2v) is 12.6. The third kappa shape index (κ3) is 4.89. The Balaban J connectivity index is 1.22. The Morgan fingerprint density at radius 1 is 0.306 bits per heavy atom. The molecule has 1 heterocycles. The van der Waals surface area contributed by atoms with E-state index in [0.29, 0.717) is 5.82 Å². The molecule has 0 saturated carbocycles. The molecule has 0 atom stereocenters. The molecule has 2 heteroatoms. The first kappa shape index (κ1) is 28.8. The highest BCUT2D eigenvalue weighted by Gasteiger charge is 2.46. The molecule has 0 unspecified atom stereocenters. The lowest BCUT2D eigenvalue weighted by atomic mass is 9.67. The van der Waals surface area contributed by atoms with Crippen LogP contribution in [0.5, 0.6) is 0 Å². The minimum atomic E-state index is -0.445. The number of nitrogens with zero attached hydrogens (tertiary/aromatic N) is 2. The normalized spacial score (nSPS) is 12.7. The predicted octanol–water partition coefficient (Wildman–Crippen LogP) is 11.5. The van der Waals surface area contributed by atoms with E-state index < -0.39 is 5.41 Å². The van der Waals surface area contributed by atoms with Crippen molar-refractivity contribution in [2.75, 3.05) is 0 Å². The van der Waals surface area contributed by atoms with Gasteiger partial charge < -0.3 is 0 Å². The fraction of sp³-hybridized carbons (Fsp3) is 0.0213. The van der Waals surface area contributed by atoms with E-state index in [9.17, 15) is 0 Å². The van der Waals surface area contributed by atoms with Gasteiger partial charge in [0.2, 0.25) is 0 Å². The number of hydrogen-bond acceptors (Lipinski definition) is 2. The van der Waals surface area contributed by atoms with Crippen LogP contribution in [0.1, 0.15) is 22.3 Å². The molecule has 0 radical (unpaired) electrons. The predicted molar refractivity (Wildman–Crippen MR) is 201 cm³/mol. The Morgan fingerprint density at radius 2 is 0.776 bits per heavy atom. The fourth-order valence-corrected chi connectivity index (χ4v) is 7.55. The van der Waals surface area contributed by atoms with Crippen molar-refractivity contribution in [2.45, 2.75) is 5.41 Å². The fourth-order valence-electron chi connectivity index (χ4n) is 7.55. The van der Waals surface area contributed by atoms with E-state index in [4.69, 9.17) is 9.97 Å². The molecule has 0 aliphatic heterocycles. The summed E-state index contributed by atoms with van der Waals surface area (Å²) in [5.74, 6) is 0.707. The van der Waals surface area contributed by atoms with Crippen LogP contribution in [0.15, 0.2) is 194 Å². The van der Waals surface area contributed by atoms with Gasteiger partial charge in [-0.2, -0.15) is 0 Å². The first-order valence-electron chi connectivity index (χ1n) is 16.8. The quantitative estimate of drug-likeness (QED) is 0.184. The monoisotopic (exact) mass is 624 g/mol. The number of rotatable bonds is 6. The summed E-state index contributed by atoms with van der Waals surface area (Å²) in [6.07, 6.45) is 0. The van der Waals surface area contributed by atoms with Crippen molar-refractivity contribution in [1.29, 1.82) is 0 Å². The maximum Gasteiger partial charge on any atom is 0.160 e. The number of hydrogen-bond donors (Lipinski definition) is 0. The van der Waals surface area contributed by atoms with Crippen LogP contribution in [0.2, 0.25) is 0 Å². The molecule has 0 fully saturated rings. The van der Waals surface area contributed by atoms with Gasteiger partial charge in [0.1, 0.15) is 0 Å². The standard InChI is InChI=1S/C47H32N2/c1-5-16-33(17-6-1)44-32-45(34-18-7-2-8-19-34)49-46(48-44)37-21-15-20-35(30-37)36-28-29-41-40-26-13-14-27-42(40)47(43(41)31-36,38-22-9-3-10-23-38)39-24-11-4-12-25-39/h1-32H. The largest absolute Gasteiger partial charge is 0.228 e. The van der Waals surface area contributed by atoms with Crippen molar-refractivity contribution in [3.8, 4) is 56.2 Å². The molecule has 1 aromatic heterocycles.